The molecule has 0 aliphatic heterocycles. The Morgan fingerprint density at radius 3 is 2.52 bits per heavy atom. The van der Waals surface area contributed by atoms with Crippen LogP contribution in [0.1, 0.15) is 12.0 Å². The van der Waals surface area contributed by atoms with Crippen molar-refractivity contribution >= 4 is 27.3 Å². The summed E-state index contributed by atoms with van der Waals surface area (Å²) < 4.78 is 10.2. The summed E-state index contributed by atoms with van der Waals surface area (Å²) in [5.41, 5.74) is 2.00. The van der Waals surface area contributed by atoms with Gasteiger partial charge in [-0.1, -0.05) is 15.9 Å². The van der Waals surface area contributed by atoms with Crippen molar-refractivity contribution in [3.63, 3.8) is 0 Å². The summed E-state index contributed by atoms with van der Waals surface area (Å²) in [4.78, 5) is 12.7. The van der Waals surface area contributed by atoms with Crippen LogP contribution in [0.3, 0.4) is 0 Å². The number of anilines is 1. The van der Waals surface area contributed by atoms with Gasteiger partial charge in [-0.3, -0.25) is 10.1 Å². The van der Waals surface area contributed by atoms with Crippen molar-refractivity contribution in [3.05, 3.63) is 33.9 Å². The molecule has 0 aromatic heterocycles. The molecule has 0 unspecified atom stereocenters. The van der Waals surface area contributed by atoms with Crippen molar-refractivity contribution in [1.82, 2.24) is 0 Å². The van der Waals surface area contributed by atoms with Crippen molar-refractivity contribution < 1.29 is 14.4 Å². The first-order valence-corrected chi connectivity index (χ1v) is 7.82. The number of alkyl halides is 1. The Labute approximate surface area is 133 Å². The van der Waals surface area contributed by atoms with Crippen LogP contribution < -0.4 is 4.90 Å². The normalized spacial score (nSPS) is 10.6. The fourth-order valence-corrected chi connectivity index (χ4v) is 2.50. The number of ether oxygens (including phenoxy) is 2. The number of hydrogen-bond acceptors (Lipinski definition) is 5. The maximum absolute atomic E-state index is 10.9. The van der Waals surface area contributed by atoms with E-state index in [0.29, 0.717) is 18.5 Å². The zero-order valence-electron chi connectivity index (χ0n) is 12.4. The van der Waals surface area contributed by atoms with Crippen molar-refractivity contribution in [1.29, 1.82) is 0 Å². The molecule has 1 aromatic rings. The van der Waals surface area contributed by atoms with Crippen molar-refractivity contribution in [3.8, 4) is 0 Å². The standard InChI is InChI=1S/C14H21BrN2O4/c1-20-8-3-6-16(7-9-21-2)14-5-4-13(17(18)19)10-12(14)11-15/h4-5,10H,3,6-9,11H2,1-2H3. The van der Waals surface area contributed by atoms with Gasteiger partial charge >= 0.3 is 0 Å². The van der Waals surface area contributed by atoms with E-state index in [-0.39, 0.29) is 10.6 Å². The second-order valence-electron chi connectivity index (χ2n) is 4.53. The third kappa shape index (κ3) is 5.61. The van der Waals surface area contributed by atoms with Gasteiger partial charge in [0.15, 0.2) is 0 Å². The van der Waals surface area contributed by atoms with Crippen LogP contribution in [0, 0.1) is 10.1 Å². The predicted molar refractivity (Wildman–Crippen MR) is 86.3 cm³/mol. The third-order valence-electron chi connectivity index (χ3n) is 3.10. The largest absolute Gasteiger partial charge is 0.385 e. The van der Waals surface area contributed by atoms with E-state index in [2.05, 4.69) is 20.8 Å². The molecule has 118 valence electrons. The van der Waals surface area contributed by atoms with Crippen molar-refractivity contribution in [2.75, 3.05) is 45.4 Å². The average molecular weight is 361 g/mol. The Balaban J connectivity index is 2.95. The predicted octanol–water partition coefficient (Wildman–Crippen LogP) is 2.98. The Hall–Kier alpha value is -1.18. The minimum atomic E-state index is -0.375. The summed E-state index contributed by atoms with van der Waals surface area (Å²) in [7, 11) is 3.34. The van der Waals surface area contributed by atoms with Crippen LogP contribution in [0.5, 0.6) is 0 Å². The minimum absolute atomic E-state index is 0.108. The molecular weight excluding hydrogens is 340 g/mol. The zero-order chi connectivity index (χ0) is 15.7. The Morgan fingerprint density at radius 1 is 1.24 bits per heavy atom. The fourth-order valence-electron chi connectivity index (χ4n) is 2.05. The number of nitrogens with zero attached hydrogens (tertiary/aromatic N) is 2. The van der Waals surface area contributed by atoms with E-state index >= 15 is 0 Å². The van der Waals surface area contributed by atoms with Gasteiger partial charge in [-0.05, 0) is 18.1 Å². The highest BCUT2D eigenvalue weighted by Gasteiger charge is 2.15. The van der Waals surface area contributed by atoms with Gasteiger partial charge in [0.05, 0.1) is 11.5 Å². The maximum atomic E-state index is 10.9. The molecule has 6 nitrogen and oxygen atoms in total. The summed E-state index contributed by atoms with van der Waals surface area (Å²) in [6.45, 7) is 2.83. The number of nitro benzene ring substituents is 1. The first kappa shape index (κ1) is 17.9. The zero-order valence-corrected chi connectivity index (χ0v) is 14.0. The van der Waals surface area contributed by atoms with Crippen LogP contribution in [0.4, 0.5) is 11.4 Å². The molecule has 0 heterocycles. The first-order chi connectivity index (χ1) is 10.1. The molecular formula is C14H21BrN2O4. The lowest BCUT2D eigenvalue weighted by atomic mass is 10.1. The van der Waals surface area contributed by atoms with Crippen LogP contribution in [0.15, 0.2) is 18.2 Å². The second-order valence-corrected chi connectivity index (χ2v) is 5.09. The molecule has 0 fully saturated rings. The van der Waals surface area contributed by atoms with E-state index in [1.807, 2.05) is 0 Å². The van der Waals surface area contributed by atoms with E-state index in [4.69, 9.17) is 9.47 Å². The molecule has 7 heteroatoms. The second kappa shape index (κ2) is 9.70. The number of nitro groups is 1. The molecule has 0 saturated heterocycles. The minimum Gasteiger partial charge on any atom is -0.385 e. The molecule has 1 rings (SSSR count). The van der Waals surface area contributed by atoms with Gasteiger partial charge in [-0.25, -0.2) is 0 Å². The molecule has 0 radical (unpaired) electrons. The van der Waals surface area contributed by atoms with Crippen molar-refractivity contribution in [2.45, 2.75) is 11.8 Å². The monoisotopic (exact) mass is 360 g/mol. The van der Waals surface area contributed by atoms with Crippen LogP contribution in [-0.4, -0.2) is 45.4 Å². The quantitative estimate of drug-likeness (QED) is 0.277. The van der Waals surface area contributed by atoms with Gasteiger partial charge in [0.25, 0.3) is 5.69 Å². The Morgan fingerprint density at radius 2 is 1.95 bits per heavy atom. The summed E-state index contributed by atoms with van der Waals surface area (Å²) in [5.74, 6) is 0. The molecule has 0 aliphatic rings. The fraction of sp³-hybridized carbons (Fsp3) is 0.571. The molecule has 0 bridgehead atoms. The lowest BCUT2D eigenvalue weighted by Gasteiger charge is -2.26. The van der Waals surface area contributed by atoms with Crippen LogP contribution >= 0.6 is 15.9 Å². The highest BCUT2D eigenvalue weighted by Crippen LogP contribution is 2.27. The summed E-state index contributed by atoms with van der Waals surface area (Å²) in [5, 5.41) is 11.4. The molecule has 21 heavy (non-hydrogen) atoms. The van der Waals surface area contributed by atoms with Gasteiger partial charge in [-0.15, -0.1) is 0 Å². The summed E-state index contributed by atoms with van der Waals surface area (Å²) in [6, 6.07) is 4.95. The Kier molecular flexibility index (Phi) is 8.26. The van der Waals surface area contributed by atoms with Gasteiger partial charge in [0.1, 0.15) is 0 Å². The summed E-state index contributed by atoms with van der Waals surface area (Å²) in [6.07, 6.45) is 0.888. The number of rotatable bonds is 10. The van der Waals surface area contributed by atoms with E-state index < -0.39 is 0 Å². The van der Waals surface area contributed by atoms with E-state index in [0.717, 1.165) is 30.8 Å². The van der Waals surface area contributed by atoms with Gasteiger partial charge in [0, 0.05) is 57.1 Å². The van der Waals surface area contributed by atoms with Gasteiger partial charge in [-0.2, -0.15) is 0 Å². The molecule has 1 aromatic carbocycles. The van der Waals surface area contributed by atoms with Gasteiger partial charge < -0.3 is 14.4 Å². The number of non-ortho nitro benzene ring substituents is 1. The van der Waals surface area contributed by atoms with Crippen molar-refractivity contribution in [2.24, 2.45) is 0 Å². The first-order valence-electron chi connectivity index (χ1n) is 6.70. The van der Waals surface area contributed by atoms with Gasteiger partial charge in [0.2, 0.25) is 0 Å². The molecule has 0 saturated carbocycles. The molecule has 0 atom stereocenters. The number of halogens is 1. The number of methoxy groups -OCH3 is 2. The Bertz CT molecular complexity index is 457. The highest BCUT2D eigenvalue weighted by atomic mass is 79.9. The molecule has 0 amide bonds. The van der Waals surface area contributed by atoms with Crippen LogP contribution in [0.25, 0.3) is 0 Å². The molecule has 0 aliphatic carbocycles. The maximum Gasteiger partial charge on any atom is 0.269 e. The van der Waals surface area contributed by atoms with Crippen LogP contribution in [0.2, 0.25) is 0 Å². The molecule has 0 spiro atoms. The lowest BCUT2D eigenvalue weighted by molar-refractivity contribution is -0.384. The van der Waals surface area contributed by atoms with E-state index in [9.17, 15) is 10.1 Å². The average Bonchev–Trinajstić information content (AvgIpc) is 2.50. The number of benzene rings is 1. The topological polar surface area (TPSA) is 64.8 Å². The van der Waals surface area contributed by atoms with E-state index in [1.54, 1.807) is 26.4 Å². The van der Waals surface area contributed by atoms with E-state index in [1.165, 1.54) is 6.07 Å². The third-order valence-corrected chi connectivity index (χ3v) is 3.70. The molecule has 0 N–H and O–H groups in total. The summed E-state index contributed by atoms with van der Waals surface area (Å²) >= 11 is 3.40. The highest BCUT2D eigenvalue weighted by molar-refractivity contribution is 9.08. The lowest BCUT2D eigenvalue weighted by Crippen LogP contribution is -2.29. The number of hydrogen-bond donors (Lipinski definition) is 0. The van der Waals surface area contributed by atoms with Crippen LogP contribution in [-0.2, 0) is 14.8 Å². The SMILES string of the molecule is COCCCN(CCOC)c1ccc([N+](=O)[O-])cc1CBr. The smallest absolute Gasteiger partial charge is 0.269 e.